The van der Waals surface area contributed by atoms with Crippen LogP contribution in [0, 0.1) is 0 Å². The van der Waals surface area contributed by atoms with Crippen LogP contribution in [0.15, 0.2) is 22.7 Å². The minimum atomic E-state index is -0.884. The molecule has 7 heteroatoms. The van der Waals surface area contributed by atoms with Crippen molar-refractivity contribution < 1.29 is 14.7 Å². The second kappa shape index (κ2) is 6.49. The average Bonchev–Trinajstić information content (AvgIpc) is 2.41. The molecule has 1 fully saturated rings. The van der Waals surface area contributed by atoms with Crippen LogP contribution >= 0.6 is 27.7 Å². The van der Waals surface area contributed by atoms with Gasteiger partial charge in [-0.15, -0.1) is 0 Å². The fraction of sp³-hybridized carbons (Fsp3) is 0.385. The third kappa shape index (κ3) is 3.46. The molecule has 1 aromatic carbocycles. The van der Waals surface area contributed by atoms with Gasteiger partial charge in [0, 0.05) is 33.8 Å². The Morgan fingerprint density at radius 1 is 1.50 bits per heavy atom. The Morgan fingerprint density at radius 2 is 2.25 bits per heavy atom. The fourth-order valence-corrected chi connectivity index (χ4v) is 3.44. The fourth-order valence-electron chi connectivity index (χ4n) is 2.14. The molecule has 2 rings (SSSR count). The average molecular weight is 359 g/mol. The first-order chi connectivity index (χ1) is 9.49. The van der Waals surface area contributed by atoms with Gasteiger partial charge in [-0.1, -0.05) is 0 Å². The summed E-state index contributed by atoms with van der Waals surface area (Å²) in [5.41, 5.74) is 6.78. The standard InChI is InChI=1S/C13H15BrN2O3S/c14-10-2-1-8(5-11(10)15)13(19)16-3-4-20-7-9(16)6-12(17)18/h1-2,5,9H,3-4,6-7,15H2,(H,17,18). The van der Waals surface area contributed by atoms with Gasteiger partial charge in [0.2, 0.25) is 0 Å². The maximum absolute atomic E-state index is 12.5. The second-order valence-corrected chi connectivity index (χ2v) is 6.57. The summed E-state index contributed by atoms with van der Waals surface area (Å²) in [4.78, 5) is 25.1. The summed E-state index contributed by atoms with van der Waals surface area (Å²) in [5.74, 6) is 0.444. The minimum absolute atomic E-state index is 0.0231. The third-order valence-electron chi connectivity index (χ3n) is 3.14. The zero-order valence-corrected chi connectivity index (χ0v) is 13.1. The first kappa shape index (κ1) is 15.2. The van der Waals surface area contributed by atoms with E-state index in [0.717, 1.165) is 10.2 Å². The Labute approximate surface area is 129 Å². The van der Waals surface area contributed by atoms with Crippen LogP contribution in [0.2, 0.25) is 0 Å². The molecule has 108 valence electrons. The number of nitrogens with two attached hydrogens (primary N) is 1. The van der Waals surface area contributed by atoms with Gasteiger partial charge < -0.3 is 15.7 Å². The van der Waals surface area contributed by atoms with Crippen LogP contribution < -0.4 is 5.73 Å². The lowest BCUT2D eigenvalue weighted by atomic mass is 10.1. The molecule has 0 spiro atoms. The van der Waals surface area contributed by atoms with Crippen molar-refractivity contribution in [3.63, 3.8) is 0 Å². The van der Waals surface area contributed by atoms with Gasteiger partial charge in [-0.2, -0.15) is 11.8 Å². The topological polar surface area (TPSA) is 83.6 Å². The number of thioether (sulfide) groups is 1. The summed E-state index contributed by atoms with van der Waals surface area (Å²) in [7, 11) is 0. The smallest absolute Gasteiger partial charge is 0.305 e. The largest absolute Gasteiger partial charge is 0.481 e. The highest BCUT2D eigenvalue weighted by Gasteiger charge is 2.29. The van der Waals surface area contributed by atoms with E-state index in [1.165, 1.54) is 0 Å². The number of carboxylic acids is 1. The monoisotopic (exact) mass is 358 g/mol. The summed E-state index contributed by atoms with van der Waals surface area (Å²) >= 11 is 4.97. The molecule has 0 radical (unpaired) electrons. The predicted octanol–water partition coefficient (Wildman–Crippen LogP) is 2.06. The van der Waals surface area contributed by atoms with Crippen LogP contribution in [0.1, 0.15) is 16.8 Å². The van der Waals surface area contributed by atoms with Gasteiger partial charge >= 0.3 is 5.97 Å². The van der Waals surface area contributed by atoms with Crippen LogP contribution in [-0.2, 0) is 4.79 Å². The van der Waals surface area contributed by atoms with Crippen molar-refractivity contribution in [1.82, 2.24) is 4.90 Å². The molecule has 5 nitrogen and oxygen atoms in total. The summed E-state index contributed by atoms with van der Waals surface area (Å²) < 4.78 is 0.741. The van der Waals surface area contributed by atoms with E-state index in [-0.39, 0.29) is 18.4 Å². The van der Waals surface area contributed by atoms with E-state index >= 15 is 0 Å². The molecule has 0 aliphatic carbocycles. The van der Waals surface area contributed by atoms with Gasteiger partial charge in [0.05, 0.1) is 12.5 Å². The summed E-state index contributed by atoms with van der Waals surface area (Å²) in [6.07, 6.45) is -0.0231. The van der Waals surface area contributed by atoms with E-state index in [2.05, 4.69) is 15.9 Å². The first-order valence-corrected chi connectivity index (χ1v) is 8.09. The van der Waals surface area contributed by atoms with Crippen molar-refractivity contribution >= 4 is 45.3 Å². The van der Waals surface area contributed by atoms with Crippen LogP contribution in [0.3, 0.4) is 0 Å². The highest BCUT2D eigenvalue weighted by molar-refractivity contribution is 9.10. The number of hydrogen-bond donors (Lipinski definition) is 2. The first-order valence-electron chi connectivity index (χ1n) is 6.14. The van der Waals surface area contributed by atoms with E-state index in [4.69, 9.17) is 10.8 Å². The molecule has 1 unspecified atom stereocenters. The third-order valence-corrected chi connectivity index (χ3v) is 4.96. The maximum atomic E-state index is 12.5. The van der Waals surface area contributed by atoms with E-state index in [0.29, 0.717) is 23.5 Å². The number of halogens is 1. The molecule has 3 N–H and O–H groups in total. The SMILES string of the molecule is Nc1cc(C(=O)N2CCSCC2CC(=O)O)ccc1Br. The lowest BCUT2D eigenvalue weighted by molar-refractivity contribution is -0.138. The van der Waals surface area contributed by atoms with Crippen molar-refractivity contribution in [1.29, 1.82) is 0 Å². The molecule has 1 saturated heterocycles. The number of nitrogen functional groups attached to an aromatic ring is 1. The molecular formula is C13H15BrN2O3S. The van der Waals surface area contributed by atoms with E-state index in [1.54, 1.807) is 34.9 Å². The molecule has 0 aromatic heterocycles. The molecule has 20 heavy (non-hydrogen) atoms. The number of anilines is 1. The maximum Gasteiger partial charge on any atom is 0.305 e. The zero-order chi connectivity index (χ0) is 14.7. The lowest BCUT2D eigenvalue weighted by Crippen LogP contribution is -2.47. The summed E-state index contributed by atoms with van der Waals surface area (Å²) in [6, 6.07) is 4.78. The number of carboxylic acid groups (broad SMARTS) is 1. The number of carbonyl (C=O) groups excluding carboxylic acids is 1. The number of hydrogen-bond acceptors (Lipinski definition) is 4. The molecule has 0 bridgehead atoms. The molecule has 1 aromatic rings. The molecule has 1 aliphatic heterocycles. The number of amides is 1. The van der Waals surface area contributed by atoms with Gasteiger partial charge in [0.1, 0.15) is 0 Å². The molecule has 1 amide bonds. The molecule has 0 saturated carbocycles. The van der Waals surface area contributed by atoms with Crippen molar-refractivity contribution in [3.05, 3.63) is 28.2 Å². The normalized spacial score (nSPS) is 18.9. The second-order valence-electron chi connectivity index (χ2n) is 4.56. The summed E-state index contributed by atoms with van der Waals surface area (Å²) in [6.45, 7) is 0.567. The molecule has 1 atom stereocenters. The van der Waals surface area contributed by atoms with Crippen molar-refractivity contribution in [2.24, 2.45) is 0 Å². The van der Waals surface area contributed by atoms with Gasteiger partial charge in [0.15, 0.2) is 0 Å². The van der Waals surface area contributed by atoms with E-state index in [1.807, 2.05) is 0 Å². The van der Waals surface area contributed by atoms with Crippen LogP contribution in [0.5, 0.6) is 0 Å². The Morgan fingerprint density at radius 3 is 2.90 bits per heavy atom. The molecule has 1 aliphatic rings. The Kier molecular flexibility index (Phi) is 4.93. The number of nitrogens with zero attached hydrogens (tertiary/aromatic N) is 1. The van der Waals surface area contributed by atoms with Crippen LogP contribution in [0.4, 0.5) is 5.69 Å². The van der Waals surface area contributed by atoms with E-state index in [9.17, 15) is 9.59 Å². The van der Waals surface area contributed by atoms with Crippen molar-refractivity contribution in [3.8, 4) is 0 Å². The summed E-state index contributed by atoms with van der Waals surface area (Å²) in [5, 5.41) is 8.94. The predicted molar refractivity (Wildman–Crippen MR) is 83.0 cm³/mol. The van der Waals surface area contributed by atoms with Gasteiger partial charge in [0.25, 0.3) is 5.91 Å². The number of benzene rings is 1. The number of carbonyl (C=O) groups is 2. The van der Waals surface area contributed by atoms with Gasteiger partial charge in [-0.25, -0.2) is 0 Å². The van der Waals surface area contributed by atoms with Crippen LogP contribution in [-0.4, -0.2) is 46.0 Å². The molecule has 1 heterocycles. The number of aliphatic carboxylic acids is 1. The lowest BCUT2D eigenvalue weighted by Gasteiger charge is -2.34. The Balaban J connectivity index is 2.20. The van der Waals surface area contributed by atoms with Crippen LogP contribution in [0.25, 0.3) is 0 Å². The Bertz CT molecular complexity index is 538. The number of rotatable bonds is 3. The van der Waals surface area contributed by atoms with Crippen molar-refractivity contribution in [2.75, 3.05) is 23.8 Å². The Hall–Kier alpha value is -1.21. The van der Waals surface area contributed by atoms with Gasteiger partial charge in [-0.05, 0) is 34.1 Å². The highest BCUT2D eigenvalue weighted by Crippen LogP contribution is 2.24. The van der Waals surface area contributed by atoms with Gasteiger partial charge in [-0.3, -0.25) is 9.59 Å². The van der Waals surface area contributed by atoms with E-state index < -0.39 is 5.97 Å². The quantitative estimate of drug-likeness (QED) is 0.808. The zero-order valence-electron chi connectivity index (χ0n) is 10.7. The molecular weight excluding hydrogens is 344 g/mol. The minimum Gasteiger partial charge on any atom is -0.481 e. The highest BCUT2D eigenvalue weighted by atomic mass is 79.9. The van der Waals surface area contributed by atoms with Crippen molar-refractivity contribution in [2.45, 2.75) is 12.5 Å².